The Balaban J connectivity index is 2.96. The summed E-state index contributed by atoms with van der Waals surface area (Å²) in [6, 6.07) is 0. The first-order chi connectivity index (χ1) is 9.24. The van der Waals surface area contributed by atoms with Crippen LogP contribution in [0.4, 0.5) is 0 Å². The van der Waals surface area contributed by atoms with Gasteiger partial charge < -0.3 is 9.84 Å². The van der Waals surface area contributed by atoms with E-state index in [-0.39, 0.29) is 5.69 Å². The van der Waals surface area contributed by atoms with Gasteiger partial charge in [-0.25, -0.2) is 9.48 Å². The van der Waals surface area contributed by atoms with E-state index in [9.17, 15) is 9.90 Å². The number of aryl methyl sites for hydroxylation is 1. The fourth-order valence-corrected chi connectivity index (χ4v) is 1.84. The molecule has 1 aromatic rings. The highest BCUT2D eigenvalue weighted by atomic mass is 16.5. The smallest absolute Gasteiger partial charge is 0.360 e. The van der Waals surface area contributed by atoms with Gasteiger partial charge in [0.25, 0.3) is 0 Å². The number of aliphatic hydroxyl groups is 1. The largest absolute Gasteiger partial charge is 0.461 e. The molecular weight excluding hydrogens is 258 g/mol. The molecule has 1 N–H and O–H groups in total. The maximum absolute atomic E-state index is 11.9. The summed E-state index contributed by atoms with van der Waals surface area (Å²) in [6.45, 7) is 10.2. The molecule has 0 radical (unpaired) electrons. The average molecular weight is 283 g/mol. The topological polar surface area (TPSA) is 77.2 Å². The lowest BCUT2D eigenvalue weighted by atomic mass is 10.0. The van der Waals surface area contributed by atoms with E-state index in [1.54, 1.807) is 25.5 Å². The van der Waals surface area contributed by atoms with Crippen LogP contribution in [-0.2, 0) is 17.7 Å². The summed E-state index contributed by atoms with van der Waals surface area (Å²) in [4.78, 5) is 11.9. The Morgan fingerprint density at radius 3 is 2.60 bits per heavy atom. The number of rotatable bonds is 7. The Hall–Kier alpha value is -1.43. The van der Waals surface area contributed by atoms with Gasteiger partial charge in [-0.3, -0.25) is 0 Å². The third-order valence-corrected chi connectivity index (χ3v) is 2.84. The van der Waals surface area contributed by atoms with E-state index in [1.807, 2.05) is 0 Å². The van der Waals surface area contributed by atoms with Crippen molar-refractivity contribution in [1.29, 1.82) is 0 Å². The Bertz CT molecular complexity index is 447. The van der Waals surface area contributed by atoms with E-state index in [0.717, 1.165) is 5.69 Å². The minimum atomic E-state index is -0.773. The van der Waals surface area contributed by atoms with Crippen LogP contribution in [0.2, 0.25) is 0 Å². The first-order valence-corrected chi connectivity index (χ1v) is 7.06. The van der Waals surface area contributed by atoms with Crippen molar-refractivity contribution in [1.82, 2.24) is 15.0 Å². The van der Waals surface area contributed by atoms with Crippen molar-refractivity contribution in [2.45, 2.75) is 59.6 Å². The van der Waals surface area contributed by atoms with Gasteiger partial charge in [-0.1, -0.05) is 19.1 Å². The first-order valence-electron chi connectivity index (χ1n) is 7.06. The third-order valence-electron chi connectivity index (χ3n) is 2.84. The van der Waals surface area contributed by atoms with E-state index in [1.165, 1.54) is 0 Å². The Labute approximate surface area is 120 Å². The van der Waals surface area contributed by atoms with E-state index in [0.29, 0.717) is 31.9 Å². The second kappa shape index (κ2) is 6.83. The van der Waals surface area contributed by atoms with Crippen LogP contribution >= 0.6 is 0 Å². The molecule has 0 amide bonds. The molecule has 0 spiro atoms. The molecule has 0 fully saturated rings. The fraction of sp³-hybridized carbons (Fsp3) is 0.786. The molecule has 0 aliphatic rings. The molecular formula is C14H25N3O3. The lowest BCUT2D eigenvalue weighted by Crippen LogP contribution is -2.22. The molecule has 0 aromatic carbocycles. The number of esters is 1. The van der Waals surface area contributed by atoms with Crippen LogP contribution in [0.15, 0.2) is 0 Å². The number of carbonyl (C=O) groups is 1. The predicted octanol–water partition coefficient (Wildman–Crippen LogP) is 1.81. The monoisotopic (exact) mass is 283 g/mol. The highest BCUT2D eigenvalue weighted by Gasteiger charge is 2.22. The second-order valence-electron chi connectivity index (χ2n) is 5.99. The number of nitrogens with zero attached hydrogens (tertiary/aromatic N) is 3. The Kier molecular flexibility index (Phi) is 5.68. The van der Waals surface area contributed by atoms with Crippen molar-refractivity contribution in [3.63, 3.8) is 0 Å². The third kappa shape index (κ3) is 4.92. The van der Waals surface area contributed by atoms with E-state index in [4.69, 9.17) is 4.74 Å². The molecule has 1 rings (SSSR count). The average Bonchev–Trinajstić information content (AvgIpc) is 2.68. The van der Waals surface area contributed by atoms with Gasteiger partial charge in [-0.05, 0) is 39.5 Å². The molecule has 20 heavy (non-hydrogen) atoms. The molecule has 6 nitrogen and oxygen atoms in total. The zero-order chi connectivity index (χ0) is 15.3. The molecule has 1 aromatic heterocycles. The van der Waals surface area contributed by atoms with Crippen molar-refractivity contribution >= 4 is 5.97 Å². The normalized spacial score (nSPS) is 11.9. The molecule has 114 valence electrons. The minimum Gasteiger partial charge on any atom is -0.461 e. The van der Waals surface area contributed by atoms with Crippen LogP contribution in [0.3, 0.4) is 0 Å². The Morgan fingerprint density at radius 2 is 2.10 bits per heavy atom. The molecule has 0 aliphatic heterocycles. The van der Waals surface area contributed by atoms with Gasteiger partial charge in [-0.15, -0.1) is 5.10 Å². The maximum Gasteiger partial charge on any atom is 0.360 e. The number of hydrogen-bond acceptors (Lipinski definition) is 5. The van der Waals surface area contributed by atoms with Crippen LogP contribution in [0.25, 0.3) is 0 Å². The zero-order valence-corrected chi connectivity index (χ0v) is 13.0. The summed E-state index contributed by atoms with van der Waals surface area (Å²) < 4.78 is 6.70. The summed E-state index contributed by atoms with van der Waals surface area (Å²) in [6.07, 6.45) is 1.25. The lowest BCUT2D eigenvalue weighted by molar-refractivity contribution is 0.0517. The number of aromatic nitrogens is 3. The van der Waals surface area contributed by atoms with Crippen LogP contribution in [0, 0.1) is 5.92 Å². The number of carbonyl (C=O) groups excluding carboxylic acids is 1. The molecule has 0 bridgehead atoms. The summed E-state index contributed by atoms with van der Waals surface area (Å²) in [7, 11) is 0. The van der Waals surface area contributed by atoms with Gasteiger partial charge >= 0.3 is 5.97 Å². The van der Waals surface area contributed by atoms with E-state index in [2.05, 4.69) is 24.2 Å². The summed E-state index contributed by atoms with van der Waals surface area (Å²) in [5.41, 5.74) is 0.296. The highest BCUT2D eigenvalue weighted by Crippen LogP contribution is 2.16. The maximum atomic E-state index is 11.9. The van der Waals surface area contributed by atoms with Gasteiger partial charge in [0.15, 0.2) is 5.69 Å². The SMILES string of the molecule is CCOC(=O)c1nnn(CCC(C)(C)O)c1CC(C)C. The molecule has 1 heterocycles. The Morgan fingerprint density at radius 1 is 1.45 bits per heavy atom. The van der Waals surface area contributed by atoms with Gasteiger partial charge in [0, 0.05) is 6.54 Å². The van der Waals surface area contributed by atoms with Crippen molar-refractivity contribution in [2.75, 3.05) is 6.61 Å². The summed E-state index contributed by atoms with van der Waals surface area (Å²) in [5.74, 6) is -0.0554. The number of ether oxygens (including phenoxy) is 1. The predicted molar refractivity (Wildman–Crippen MR) is 75.4 cm³/mol. The van der Waals surface area contributed by atoms with Gasteiger partial charge in [0.1, 0.15) is 0 Å². The van der Waals surface area contributed by atoms with E-state index >= 15 is 0 Å². The molecule has 0 saturated heterocycles. The quantitative estimate of drug-likeness (QED) is 0.772. The second-order valence-corrected chi connectivity index (χ2v) is 5.99. The molecule has 0 unspecified atom stereocenters. The summed E-state index contributed by atoms with van der Waals surface area (Å²) in [5, 5.41) is 17.8. The van der Waals surface area contributed by atoms with Crippen LogP contribution in [0.1, 0.15) is 57.2 Å². The lowest BCUT2D eigenvalue weighted by Gasteiger charge is -2.17. The van der Waals surface area contributed by atoms with Crippen LogP contribution < -0.4 is 0 Å². The van der Waals surface area contributed by atoms with Crippen molar-refractivity contribution in [3.05, 3.63) is 11.4 Å². The standard InChI is InChI=1S/C14H25N3O3/c1-6-20-13(18)12-11(9-10(2)3)17(16-15-12)8-7-14(4,5)19/h10,19H,6-9H2,1-5H3. The van der Waals surface area contributed by atoms with Crippen LogP contribution in [-0.4, -0.2) is 38.3 Å². The highest BCUT2D eigenvalue weighted by molar-refractivity contribution is 5.88. The molecule has 0 aliphatic carbocycles. The van der Waals surface area contributed by atoms with Gasteiger partial charge in [0.2, 0.25) is 0 Å². The molecule has 0 saturated carbocycles. The summed E-state index contributed by atoms with van der Waals surface area (Å²) >= 11 is 0. The number of hydrogen-bond donors (Lipinski definition) is 1. The molecule has 0 atom stereocenters. The van der Waals surface area contributed by atoms with Crippen LogP contribution in [0.5, 0.6) is 0 Å². The van der Waals surface area contributed by atoms with E-state index < -0.39 is 11.6 Å². The molecule has 6 heteroatoms. The minimum absolute atomic E-state index is 0.288. The zero-order valence-electron chi connectivity index (χ0n) is 13.0. The first kappa shape index (κ1) is 16.6. The van der Waals surface area contributed by atoms with Crippen molar-refractivity contribution in [2.24, 2.45) is 5.92 Å². The van der Waals surface area contributed by atoms with Gasteiger partial charge in [0.05, 0.1) is 17.9 Å². The van der Waals surface area contributed by atoms with Crippen molar-refractivity contribution < 1.29 is 14.6 Å². The van der Waals surface area contributed by atoms with Gasteiger partial charge in [-0.2, -0.15) is 0 Å². The van der Waals surface area contributed by atoms with Crippen molar-refractivity contribution in [3.8, 4) is 0 Å². The fourth-order valence-electron chi connectivity index (χ4n) is 1.84.